The zero-order valence-corrected chi connectivity index (χ0v) is 7.81. The molecule has 2 rings (SSSR count). The van der Waals surface area contributed by atoms with E-state index in [0.29, 0.717) is 5.56 Å². The first-order valence-electron chi connectivity index (χ1n) is 4.45. The van der Waals surface area contributed by atoms with E-state index in [1.54, 1.807) is 18.2 Å². The third-order valence-electron chi connectivity index (χ3n) is 2.15. The first-order valence-corrected chi connectivity index (χ1v) is 4.45. The summed E-state index contributed by atoms with van der Waals surface area (Å²) in [6.45, 7) is 0. The van der Waals surface area contributed by atoms with E-state index in [9.17, 15) is 9.50 Å². The van der Waals surface area contributed by atoms with Gasteiger partial charge < -0.3 is 10.2 Å². The normalized spacial score (nSPS) is 10.2. The summed E-state index contributed by atoms with van der Waals surface area (Å²) >= 11 is 0. The Morgan fingerprint density at radius 3 is 2.00 bits per heavy atom. The van der Waals surface area contributed by atoms with Gasteiger partial charge in [0.15, 0.2) is 11.6 Å². The van der Waals surface area contributed by atoms with Crippen molar-refractivity contribution >= 4 is 0 Å². The van der Waals surface area contributed by atoms with Gasteiger partial charge in [0, 0.05) is 0 Å². The quantitative estimate of drug-likeness (QED) is 0.749. The van der Waals surface area contributed by atoms with Crippen LogP contribution in [0.4, 0.5) is 4.39 Å². The number of phenolic OH excluding ortho intramolecular Hbond substituents is 2. The summed E-state index contributed by atoms with van der Waals surface area (Å²) in [5.74, 6) is -0.844. The summed E-state index contributed by atoms with van der Waals surface area (Å²) < 4.78 is 12.8. The molecule has 0 unspecified atom stereocenters. The van der Waals surface area contributed by atoms with E-state index in [4.69, 9.17) is 5.11 Å². The SMILES string of the molecule is Oc1ccc(-c2ccc(F)c(O)c2)cc1. The molecule has 0 aromatic heterocycles. The second kappa shape index (κ2) is 3.61. The molecule has 0 radical (unpaired) electrons. The Hall–Kier alpha value is -2.03. The van der Waals surface area contributed by atoms with E-state index in [2.05, 4.69) is 0 Å². The first kappa shape index (κ1) is 9.52. The van der Waals surface area contributed by atoms with E-state index in [1.807, 2.05) is 0 Å². The fraction of sp³-hybridized carbons (Fsp3) is 0. The van der Waals surface area contributed by atoms with Gasteiger partial charge in [0.2, 0.25) is 0 Å². The molecule has 0 atom stereocenters. The average Bonchev–Trinajstić information content (AvgIpc) is 2.23. The van der Waals surface area contributed by atoms with E-state index in [-0.39, 0.29) is 11.5 Å². The highest BCUT2D eigenvalue weighted by molar-refractivity contribution is 5.65. The molecule has 0 heterocycles. The number of rotatable bonds is 1. The van der Waals surface area contributed by atoms with Gasteiger partial charge in [-0.05, 0) is 35.4 Å². The summed E-state index contributed by atoms with van der Waals surface area (Å²) in [5, 5.41) is 18.3. The molecule has 0 saturated heterocycles. The Morgan fingerprint density at radius 2 is 1.40 bits per heavy atom. The highest BCUT2D eigenvalue weighted by Crippen LogP contribution is 2.26. The molecule has 3 heteroatoms. The van der Waals surface area contributed by atoms with Crippen LogP contribution in [0.2, 0.25) is 0 Å². The second-order valence-electron chi connectivity index (χ2n) is 3.21. The van der Waals surface area contributed by atoms with Crippen molar-refractivity contribution in [2.75, 3.05) is 0 Å². The summed E-state index contributed by atoms with van der Waals surface area (Å²) in [4.78, 5) is 0. The van der Waals surface area contributed by atoms with Gasteiger partial charge in [0.1, 0.15) is 5.75 Å². The molecule has 0 aliphatic rings. The van der Waals surface area contributed by atoms with Gasteiger partial charge in [0.25, 0.3) is 0 Å². The predicted octanol–water partition coefficient (Wildman–Crippen LogP) is 2.90. The molecule has 0 amide bonds. The molecule has 2 aromatic rings. The number of hydrogen-bond acceptors (Lipinski definition) is 2. The third kappa shape index (κ3) is 1.91. The third-order valence-corrected chi connectivity index (χ3v) is 2.15. The summed E-state index contributed by atoms with van der Waals surface area (Å²) in [6.07, 6.45) is 0. The van der Waals surface area contributed by atoms with Crippen molar-refractivity contribution < 1.29 is 14.6 Å². The fourth-order valence-electron chi connectivity index (χ4n) is 1.35. The molecule has 0 fully saturated rings. The van der Waals surface area contributed by atoms with E-state index in [0.717, 1.165) is 5.56 Å². The van der Waals surface area contributed by atoms with E-state index >= 15 is 0 Å². The molecule has 76 valence electrons. The lowest BCUT2D eigenvalue weighted by atomic mass is 10.1. The largest absolute Gasteiger partial charge is 0.508 e. The van der Waals surface area contributed by atoms with Crippen molar-refractivity contribution in [1.29, 1.82) is 0 Å². The smallest absolute Gasteiger partial charge is 0.164 e. The van der Waals surface area contributed by atoms with Crippen molar-refractivity contribution in [2.24, 2.45) is 0 Å². The lowest BCUT2D eigenvalue weighted by molar-refractivity contribution is 0.433. The van der Waals surface area contributed by atoms with Crippen LogP contribution in [-0.4, -0.2) is 10.2 Å². The number of hydrogen-bond donors (Lipinski definition) is 2. The number of phenols is 2. The van der Waals surface area contributed by atoms with Gasteiger partial charge >= 0.3 is 0 Å². The molecular weight excluding hydrogens is 195 g/mol. The van der Waals surface area contributed by atoms with E-state index < -0.39 is 5.82 Å². The Kier molecular flexibility index (Phi) is 2.29. The van der Waals surface area contributed by atoms with Gasteiger partial charge in [-0.2, -0.15) is 0 Å². The Labute approximate surface area is 86.2 Å². The average molecular weight is 204 g/mol. The monoisotopic (exact) mass is 204 g/mol. The fourth-order valence-corrected chi connectivity index (χ4v) is 1.35. The predicted molar refractivity (Wildman–Crippen MR) is 55.2 cm³/mol. The maximum absolute atomic E-state index is 12.8. The first-order chi connectivity index (χ1) is 7.16. The molecule has 0 bridgehead atoms. The van der Waals surface area contributed by atoms with Crippen LogP contribution in [0.25, 0.3) is 11.1 Å². The second-order valence-corrected chi connectivity index (χ2v) is 3.21. The van der Waals surface area contributed by atoms with Crippen LogP contribution in [0.15, 0.2) is 42.5 Å². The Bertz CT molecular complexity index is 477. The lowest BCUT2D eigenvalue weighted by Crippen LogP contribution is -1.80. The van der Waals surface area contributed by atoms with Crippen LogP contribution < -0.4 is 0 Å². The van der Waals surface area contributed by atoms with Crippen molar-refractivity contribution in [3.63, 3.8) is 0 Å². The minimum Gasteiger partial charge on any atom is -0.508 e. The van der Waals surface area contributed by atoms with Gasteiger partial charge in [-0.25, -0.2) is 4.39 Å². The summed E-state index contributed by atoms with van der Waals surface area (Å²) in [5.41, 5.74) is 1.51. The minimum atomic E-state index is -0.641. The van der Waals surface area contributed by atoms with Crippen molar-refractivity contribution in [3.8, 4) is 22.6 Å². The van der Waals surface area contributed by atoms with Crippen LogP contribution in [0.1, 0.15) is 0 Å². The van der Waals surface area contributed by atoms with Crippen LogP contribution >= 0.6 is 0 Å². The van der Waals surface area contributed by atoms with Crippen LogP contribution in [-0.2, 0) is 0 Å². The number of aromatic hydroxyl groups is 2. The molecule has 15 heavy (non-hydrogen) atoms. The molecule has 0 aliphatic heterocycles. The van der Waals surface area contributed by atoms with Gasteiger partial charge in [-0.15, -0.1) is 0 Å². The maximum Gasteiger partial charge on any atom is 0.164 e. The molecule has 0 spiro atoms. The van der Waals surface area contributed by atoms with Crippen molar-refractivity contribution in [1.82, 2.24) is 0 Å². The number of benzene rings is 2. The maximum atomic E-state index is 12.8. The Balaban J connectivity index is 2.45. The van der Waals surface area contributed by atoms with Crippen molar-refractivity contribution in [3.05, 3.63) is 48.3 Å². The van der Waals surface area contributed by atoms with Gasteiger partial charge in [0.05, 0.1) is 0 Å². The van der Waals surface area contributed by atoms with Crippen LogP contribution in [0.3, 0.4) is 0 Å². The van der Waals surface area contributed by atoms with Crippen molar-refractivity contribution in [2.45, 2.75) is 0 Å². The summed E-state index contributed by atoms with van der Waals surface area (Å²) in [6, 6.07) is 10.6. The molecular formula is C12H9FO2. The van der Waals surface area contributed by atoms with Gasteiger partial charge in [-0.1, -0.05) is 18.2 Å². The minimum absolute atomic E-state index is 0.171. The zero-order chi connectivity index (χ0) is 10.8. The molecule has 2 nitrogen and oxygen atoms in total. The summed E-state index contributed by atoms with van der Waals surface area (Å²) in [7, 11) is 0. The number of halogens is 1. The topological polar surface area (TPSA) is 40.5 Å². The molecule has 2 aromatic carbocycles. The Morgan fingerprint density at radius 1 is 0.800 bits per heavy atom. The zero-order valence-electron chi connectivity index (χ0n) is 7.81. The molecule has 2 N–H and O–H groups in total. The van der Waals surface area contributed by atoms with Crippen LogP contribution in [0, 0.1) is 5.82 Å². The van der Waals surface area contributed by atoms with Gasteiger partial charge in [-0.3, -0.25) is 0 Å². The van der Waals surface area contributed by atoms with E-state index in [1.165, 1.54) is 24.3 Å². The highest BCUT2D eigenvalue weighted by Gasteiger charge is 2.03. The highest BCUT2D eigenvalue weighted by atomic mass is 19.1. The standard InChI is InChI=1S/C12H9FO2/c13-11-6-3-9(7-12(11)15)8-1-4-10(14)5-2-8/h1-7,14-15H. The molecule has 0 aliphatic carbocycles. The van der Waals surface area contributed by atoms with Crippen LogP contribution in [0.5, 0.6) is 11.5 Å². The lowest BCUT2D eigenvalue weighted by Gasteiger charge is -2.03. The molecule has 0 saturated carbocycles.